The first kappa shape index (κ1) is 15.5. The zero-order chi connectivity index (χ0) is 14.4. The molecule has 5 heteroatoms. The molecule has 0 heterocycles. The van der Waals surface area contributed by atoms with Crippen LogP contribution in [0.1, 0.15) is 43.2 Å². The standard InChI is InChI=1S/C15H23NO3S/c17-11-14-8-6-13(7-9-14)10-16-20(18,19)12-15-4-2-1-3-5-15/h6-9,15-17H,1-5,10-12H2. The van der Waals surface area contributed by atoms with Gasteiger partial charge in [-0.2, -0.15) is 0 Å². The number of hydrogen-bond donors (Lipinski definition) is 2. The number of benzene rings is 1. The van der Waals surface area contributed by atoms with Crippen LogP contribution >= 0.6 is 0 Å². The van der Waals surface area contributed by atoms with Crippen LogP contribution in [0.5, 0.6) is 0 Å². The second-order valence-corrected chi connectivity index (χ2v) is 7.43. The second-order valence-electron chi connectivity index (χ2n) is 5.58. The van der Waals surface area contributed by atoms with Gasteiger partial charge in [0.05, 0.1) is 12.4 Å². The Bertz CT molecular complexity index is 504. The van der Waals surface area contributed by atoms with Crippen LogP contribution in [0.2, 0.25) is 0 Å². The van der Waals surface area contributed by atoms with E-state index < -0.39 is 10.0 Å². The van der Waals surface area contributed by atoms with E-state index in [9.17, 15) is 8.42 Å². The zero-order valence-corrected chi connectivity index (χ0v) is 12.5. The Kier molecular flexibility index (Phi) is 5.57. The first-order chi connectivity index (χ1) is 9.59. The Labute approximate surface area is 121 Å². The summed E-state index contributed by atoms with van der Waals surface area (Å²) in [7, 11) is -3.19. The van der Waals surface area contributed by atoms with Gasteiger partial charge in [0.2, 0.25) is 10.0 Å². The van der Waals surface area contributed by atoms with Crippen molar-refractivity contribution in [1.82, 2.24) is 4.72 Å². The lowest BCUT2D eigenvalue weighted by atomic mass is 9.91. The predicted molar refractivity (Wildman–Crippen MR) is 79.6 cm³/mol. The van der Waals surface area contributed by atoms with Gasteiger partial charge in [-0.15, -0.1) is 0 Å². The summed E-state index contributed by atoms with van der Waals surface area (Å²) in [5.41, 5.74) is 1.74. The molecule has 0 atom stereocenters. The van der Waals surface area contributed by atoms with Crippen LogP contribution in [0.3, 0.4) is 0 Å². The van der Waals surface area contributed by atoms with Crippen LogP contribution in [-0.4, -0.2) is 19.3 Å². The van der Waals surface area contributed by atoms with Gasteiger partial charge in [-0.25, -0.2) is 13.1 Å². The van der Waals surface area contributed by atoms with E-state index in [2.05, 4.69) is 4.72 Å². The molecule has 0 bridgehead atoms. The molecule has 0 radical (unpaired) electrons. The van der Waals surface area contributed by atoms with Crippen LogP contribution in [0, 0.1) is 5.92 Å². The minimum Gasteiger partial charge on any atom is -0.392 e. The smallest absolute Gasteiger partial charge is 0.212 e. The van der Waals surface area contributed by atoms with Crippen LogP contribution in [0.15, 0.2) is 24.3 Å². The van der Waals surface area contributed by atoms with E-state index in [4.69, 9.17) is 5.11 Å². The fourth-order valence-electron chi connectivity index (χ4n) is 2.68. The SMILES string of the molecule is O=S(=O)(CC1CCCCC1)NCc1ccc(CO)cc1. The number of hydrogen-bond acceptors (Lipinski definition) is 3. The van der Waals surface area contributed by atoms with Crippen molar-refractivity contribution in [2.45, 2.75) is 45.3 Å². The van der Waals surface area contributed by atoms with Crippen LogP contribution in [0.25, 0.3) is 0 Å². The summed E-state index contributed by atoms with van der Waals surface area (Å²) in [6, 6.07) is 7.30. The highest BCUT2D eigenvalue weighted by atomic mass is 32.2. The monoisotopic (exact) mass is 297 g/mol. The Morgan fingerprint density at radius 3 is 2.25 bits per heavy atom. The summed E-state index contributed by atoms with van der Waals surface area (Å²) in [6.07, 6.45) is 5.62. The maximum atomic E-state index is 12.0. The second kappa shape index (κ2) is 7.20. The van der Waals surface area contributed by atoms with Crippen LogP contribution in [-0.2, 0) is 23.2 Å². The van der Waals surface area contributed by atoms with Gasteiger partial charge in [-0.3, -0.25) is 0 Å². The molecule has 2 N–H and O–H groups in total. The summed E-state index contributed by atoms with van der Waals surface area (Å²) in [6.45, 7) is 0.328. The average Bonchev–Trinajstić information content (AvgIpc) is 2.46. The van der Waals surface area contributed by atoms with Crippen molar-refractivity contribution in [3.8, 4) is 0 Å². The van der Waals surface area contributed by atoms with E-state index in [1.54, 1.807) is 0 Å². The molecule has 1 aliphatic carbocycles. The molecular formula is C15H23NO3S. The van der Waals surface area contributed by atoms with E-state index in [0.29, 0.717) is 12.5 Å². The van der Waals surface area contributed by atoms with E-state index in [0.717, 1.165) is 36.8 Å². The van der Waals surface area contributed by atoms with Gasteiger partial charge in [0.25, 0.3) is 0 Å². The largest absolute Gasteiger partial charge is 0.392 e. The molecule has 0 aromatic heterocycles. The third-order valence-corrected chi connectivity index (χ3v) is 5.38. The molecule has 2 rings (SSSR count). The molecule has 1 saturated carbocycles. The van der Waals surface area contributed by atoms with E-state index >= 15 is 0 Å². The fraction of sp³-hybridized carbons (Fsp3) is 0.600. The predicted octanol–water partition coefficient (Wildman–Crippen LogP) is 2.18. The molecule has 1 aromatic rings. The Hall–Kier alpha value is -0.910. The lowest BCUT2D eigenvalue weighted by Crippen LogP contribution is -2.30. The van der Waals surface area contributed by atoms with Gasteiger partial charge in [0, 0.05) is 6.54 Å². The summed E-state index contributed by atoms with van der Waals surface area (Å²) in [5, 5.41) is 8.96. The number of sulfonamides is 1. The average molecular weight is 297 g/mol. The maximum Gasteiger partial charge on any atom is 0.212 e. The van der Waals surface area contributed by atoms with E-state index in [1.165, 1.54) is 6.42 Å². The van der Waals surface area contributed by atoms with Crippen molar-refractivity contribution >= 4 is 10.0 Å². The van der Waals surface area contributed by atoms with Crippen LogP contribution < -0.4 is 4.72 Å². The Balaban J connectivity index is 1.84. The zero-order valence-electron chi connectivity index (χ0n) is 11.7. The number of nitrogens with one attached hydrogen (secondary N) is 1. The molecule has 4 nitrogen and oxygen atoms in total. The number of rotatable bonds is 6. The minimum absolute atomic E-state index is 0.00763. The summed E-state index contributed by atoms with van der Waals surface area (Å²) in [5.74, 6) is 0.569. The number of aliphatic hydroxyl groups is 1. The lowest BCUT2D eigenvalue weighted by molar-refractivity contribution is 0.282. The van der Waals surface area contributed by atoms with Gasteiger partial charge in [-0.1, -0.05) is 43.5 Å². The Morgan fingerprint density at radius 2 is 1.65 bits per heavy atom. The van der Waals surface area contributed by atoms with Crippen molar-refractivity contribution in [3.63, 3.8) is 0 Å². The molecular weight excluding hydrogens is 274 g/mol. The molecule has 0 unspecified atom stereocenters. The third kappa shape index (κ3) is 4.89. The fourth-order valence-corrected chi connectivity index (χ4v) is 4.14. The van der Waals surface area contributed by atoms with Crippen LogP contribution in [0.4, 0.5) is 0 Å². The highest BCUT2D eigenvalue weighted by molar-refractivity contribution is 7.89. The minimum atomic E-state index is -3.19. The van der Waals surface area contributed by atoms with Crippen molar-refractivity contribution < 1.29 is 13.5 Å². The van der Waals surface area contributed by atoms with E-state index in [1.807, 2.05) is 24.3 Å². The molecule has 0 aliphatic heterocycles. The van der Waals surface area contributed by atoms with E-state index in [-0.39, 0.29) is 12.4 Å². The van der Waals surface area contributed by atoms with Gasteiger partial charge >= 0.3 is 0 Å². The Morgan fingerprint density at radius 1 is 1.05 bits per heavy atom. The van der Waals surface area contributed by atoms with Crippen molar-refractivity contribution in [3.05, 3.63) is 35.4 Å². The quantitative estimate of drug-likeness (QED) is 0.846. The van der Waals surface area contributed by atoms with Crippen molar-refractivity contribution in [2.75, 3.05) is 5.75 Å². The van der Waals surface area contributed by atoms with Gasteiger partial charge in [-0.05, 0) is 29.9 Å². The highest BCUT2D eigenvalue weighted by Gasteiger charge is 2.20. The van der Waals surface area contributed by atoms with Crippen molar-refractivity contribution in [1.29, 1.82) is 0 Å². The lowest BCUT2D eigenvalue weighted by Gasteiger charge is -2.21. The molecule has 1 aliphatic rings. The summed E-state index contributed by atoms with van der Waals surface area (Å²) in [4.78, 5) is 0. The summed E-state index contributed by atoms with van der Waals surface area (Å²) < 4.78 is 26.8. The molecule has 112 valence electrons. The van der Waals surface area contributed by atoms with Gasteiger partial charge in [0.1, 0.15) is 0 Å². The highest BCUT2D eigenvalue weighted by Crippen LogP contribution is 2.24. The summed E-state index contributed by atoms with van der Waals surface area (Å²) >= 11 is 0. The maximum absolute atomic E-state index is 12.0. The third-order valence-electron chi connectivity index (χ3n) is 3.88. The topological polar surface area (TPSA) is 66.4 Å². The molecule has 1 fully saturated rings. The normalized spacial score (nSPS) is 17.2. The first-order valence-electron chi connectivity index (χ1n) is 7.25. The number of aliphatic hydroxyl groups excluding tert-OH is 1. The van der Waals surface area contributed by atoms with Gasteiger partial charge < -0.3 is 5.11 Å². The molecule has 0 saturated heterocycles. The molecule has 20 heavy (non-hydrogen) atoms. The molecule has 1 aromatic carbocycles. The molecule has 0 spiro atoms. The molecule has 0 amide bonds. The first-order valence-corrected chi connectivity index (χ1v) is 8.90. The van der Waals surface area contributed by atoms with Gasteiger partial charge in [0.15, 0.2) is 0 Å². The van der Waals surface area contributed by atoms with Crippen molar-refractivity contribution in [2.24, 2.45) is 5.92 Å².